The standard InChI is InChI=1S/C23H23N5OS/c1-16-14-17(2)28(27-16)20-7-5-19(6-8-20)23(29)25-11-3-4-22-26-21(15-30-22)18-9-12-24-13-10-18/h5-10,12-15H,3-4,11H2,1-2H3,(H,25,29). The Kier molecular flexibility index (Phi) is 5.99. The lowest BCUT2D eigenvalue weighted by Gasteiger charge is -2.07. The van der Waals surface area contributed by atoms with Gasteiger partial charge in [-0.1, -0.05) is 0 Å². The first kappa shape index (κ1) is 20.0. The highest BCUT2D eigenvalue weighted by atomic mass is 32.1. The minimum absolute atomic E-state index is 0.0634. The zero-order valence-electron chi connectivity index (χ0n) is 17.0. The minimum Gasteiger partial charge on any atom is -0.352 e. The molecule has 6 nitrogen and oxygen atoms in total. The van der Waals surface area contributed by atoms with Gasteiger partial charge in [0.05, 0.1) is 22.1 Å². The SMILES string of the molecule is Cc1cc(C)n(-c2ccc(C(=O)NCCCc3nc(-c4ccncc4)cs3)cc2)n1. The summed E-state index contributed by atoms with van der Waals surface area (Å²) in [6, 6.07) is 13.5. The van der Waals surface area contributed by atoms with Crippen molar-refractivity contribution in [2.24, 2.45) is 0 Å². The van der Waals surface area contributed by atoms with E-state index in [1.54, 1.807) is 23.7 Å². The number of carbonyl (C=O) groups is 1. The molecule has 0 aliphatic heterocycles. The van der Waals surface area contributed by atoms with E-state index in [-0.39, 0.29) is 5.91 Å². The average molecular weight is 418 g/mol. The van der Waals surface area contributed by atoms with Crippen LogP contribution in [0.25, 0.3) is 16.9 Å². The minimum atomic E-state index is -0.0634. The molecule has 1 aromatic carbocycles. The Labute approximate surface area is 179 Å². The van der Waals surface area contributed by atoms with Crippen molar-refractivity contribution in [1.82, 2.24) is 25.1 Å². The number of amides is 1. The molecule has 0 radical (unpaired) electrons. The third-order valence-electron chi connectivity index (χ3n) is 4.76. The number of aromatic nitrogens is 4. The molecule has 30 heavy (non-hydrogen) atoms. The third-order valence-corrected chi connectivity index (χ3v) is 5.67. The highest BCUT2D eigenvalue weighted by Crippen LogP contribution is 2.21. The molecule has 3 heterocycles. The summed E-state index contributed by atoms with van der Waals surface area (Å²) >= 11 is 1.65. The topological polar surface area (TPSA) is 72.7 Å². The quantitative estimate of drug-likeness (QED) is 0.453. The van der Waals surface area contributed by atoms with Gasteiger partial charge in [-0.15, -0.1) is 11.3 Å². The first-order valence-electron chi connectivity index (χ1n) is 9.87. The molecule has 7 heteroatoms. The third kappa shape index (κ3) is 4.63. The van der Waals surface area contributed by atoms with Crippen LogP contribution >= 0.6 is 11.3 Å². The number of nitrogens with one attached hydrogen (secondary N) is 1. The van der Waals surface area contributed by atoms with Crippen LogP contribution in [-0.2, 0) is 6.42 Å². The van der Waals surface area contributed by atoms with E-state index in [9.17, 15) is 4.79 Å². The molecule has 3 aromatic heterocycles. The van der Waals surface area contributed by atoms with Crippen LogP contribution in [0.5, 0.6) is 0 Å². The second-order valence-corrected chi connectivity index (χ2v) is 8.05. The summed E-state index contributed by atoms with van der Waals surface area (Å²) in [5.74, 6) is -0.0634. The number of nitrogens with zero attached hydrogens (tertiary/aromatic N) is 4. The summed E-state index contributed by atoms with van der Waals surface area (Å²) in [6.07, 6.45) is 5.23. The summed E-state index contributed by atoms with van der Waals surface area (Å²) in [6.45, 7) is 4.60. The van der Waals surface area contributed by atoms with Crippen LogP contribution in [0.15, 0.2) is 60.2 Å². The molecular formula is C23H23N5OS. The second-order valence-electron chi connectivity index (χ2n) is 7.11. The van der Waals surface area contributed by atoms with Crippen LogP contribution < -0.4 is 5.32 Å². The second kappa shape index (κ2) is 9.00. The number of hydrogen-bond donors (Lipinski definition) is 1. The maximum atomic E-state index is 12.4. The lowest BCUT2D eigenvalue weighted by atomic mass is 10.2. The Hall–Kier alpha value is -3.32. The molecule has 4 aromatic rings. The van der Waals surface area contributed by atoms with Crippen LogP contribution in [0, 0.1) is 13.8 Å². The molecular weight excluding hydrogens is 394 g/mol. The van der Waals surface area contributed by atoms with Gasteiger partial charge in [-0.25, -0.2) is 9.67 Å². The number of thiazole rings is 1. The van der Waals surface area contributed by atoms with E-state index in [1.165, 1.54) is 0 Å². The normalized spacial score (nSPS) is 10.9. The molecule has 0 saturated carbocycles. The van der Waals surface area contributed by atoms with E-state index < -0.39 is 0 Å². The van der Waals surface area contributed by atoms with Gasteiger partial charge >= 0.3 is 0 Å². The molecule has 0 unspecified atom stereocenters. The van der Waals surface area contributed by atoms with Gasteiger partial charge in [0.2, 0.25) is 0 Å². The van der Waals surface area contributed by atoms with Crippen molar-refractivity contribution in [3.8, 4) is 16.9 Å². The van der Waals surface area contributed by atoms with Crippen LogP contribution in [0.3, 0.4) is 0 Å². The van der Waals surface area contributed by atoms with E-state index >= 15 is 0 Å². The van der Waals surface area contributed by atoms with Crippen LogP contribution in [-0.4, -0.2) is 32.2 Å². The van der Waals surface area contributed by atoms with Crippen LogP contribution in [0.1, 0.15) is 33.2 Å². The highest BCUT2D eigenvalue weighted by molar-refractivity contribution is 7.09. The number of hydrogen-bond acceptors (Lipinski definition) is 5. The Morgan fingerprint density at radius 3 is 2.57 bits per heavy atom. The van der Waals surface area contributed by atoms with E-state index in [1.807, 2.05) is 61.0 Å². The zero-order chi connectivity index (χ0) is 20.9. The fourth-order valence-corrected chi connectivity index (χ4v) is 4.12. The number of rotatable bonds is 7. The molecule has 0 aliphatic carbocycles. The van der Waals surface area contributed by atoms with Crippen molar-refractivity contribution < 1.29 is 4.79 Å². The van der Waals surface area contributed by atoms with Crippen molar-refractivity contribution in [2.75, 3.05) is 6.54 Å². The molecule has 0 bridgehead atoms. The van der Waals surface area contributed by atoms with Gasteiger partial charge < -0.3 is 5.32 Å². The molecule has 152 valence electrons. The molecule has 0 spiro atoms. The predicted molar refractivity (Wildman–Crippen MR) is 119 cm³/mol. The summed E-state index contributed by atoms with van der Waals surface area (Å²) in [4.78, 5) is 21.1. The zero-order valence-corrected chi connectivity index (χ0v) is 17.8. The average Bonchev–Trinajstić information content (AvgIpc) is 3.38. The first-order valence-corrected chi connectivity index (χ1v) is 10.7. The van der Waals surface area contributed by atoms with E-state index in [4.69, 9.17) is 0 Å². The van der Waals surface area contributed by atoms with Gasteiger partial charge in [-0.05, 0) is 62.7 Å². The smallest absolute Gasteiger partial charge is 0.251 e. The Morgan fingerprint density at radius 1 is 1.10 bits per heavy atom. The van der Waals surface area contributed by atoms with Gasteiger partial charge in [0, 0.05) is 47.6 Å². The van der Waals surface area contributed by atoms with Gasteiger partial charge in [0.1, 0.15) is 0 Å². The molecule has 0 saturated heterocycles. The number of aryl methyl sites for hydroxylation is 3. The molecule has 0 atom stereocenters. The van der Waals surface area contributed by atoms with Crippen molar-refractivity contribution in [3.05, 3.63) is 82.2 Å². The summed E-state index contributed by atoms with van der Waals surface area (Å²) < 4.78 is 1.88. The number of pyridine rings is 1. The maximum Gasteiger partial charge on any atom is 0.251 e. The fraction of sp³-hybridized carbons (Fsp3) is 0.217. The van der Waals surface area contributed by atoms with Crippen LogP contribution in [0.2, 0.25) is 0 Å². The van der Waals surface area contributed by atoms with Crippen LogP contribution in [0.4, 0.5) is 0 Å². The molecule has 1 amide bonds. The Balaban J connectivity index is 1.27. The van der Waals surface area contributed by atoms with Crippen molar-refractivity contribution >= 4 is 17.2 Å². The predicted octanol–water partition coefficient (Wildman–Crippen LogP) is 4.37. The first-order chi connectivity index (χ1) is 14.6. The van der Waals surface area contributed by atoms with Gasteiger partial charge in [-0.2, -0.15) is 5.10 Å². The van der Waals surface area contributed by atoms with Gasteiger partial charge in [0.25, 0.3) is 5.91 Å². The number of benzene rings is 1. The van der Waals surface area contributed by atoms with E-state index in [0.29, 0.717) is 12.1 Å². The van der Waals surface area contributed by atoms with E-state index in [2.05, 4.69) is 25.8 Å². The largest absolute Gasteiger partial charge is 0.352 e. The maximum absolute atomic E-state index is 12.4. The molecule has 1 N–H and O–H groups in total. The summed E-state index contributed by atoms with van der Waals surface area (Å²) in [5.41, 5.74) is 5.69. The van der Waals surface area contributed by atoms with Gasteiger partial charge in [0.15, 0.2) is 0 Å². The van der Waals surface area contributed by atoms with Crippen molar-refractivity contribution in [1.29, 1.82) is 0 Å². The highest BCUT2D eigenvalue weighted by Gasteiger charge is 2.08. The van der Waals surface area contributed by atoms with Crippen molar-refractivity contribution in [3.63, 3.8) is 0 Å². The Bertz CT molecular complexity index is 1130. The summed E-state index contributed by atoms with van der Waals surface area (Å²) in [7, 11) is 0. The van der Waals surface area contributed by atoms with Gasteiger partial charge in [-0.3, -0.25) is 9.78 Å². The van der Waals surface area contributed by atoms with E-state index in [0.717, 1.165) is 46.2 Å². The monoisotopic (exact) mass is 417 g/mol. The molecule has 0 aliphatic rings. The van der Waals surface area contributed by atoms with Crippen molar-refractivity contribution in [2.45, 2.75) is 26.7 Å². The summed E-state index contributed by atoms with van der Waals surface area (Å²) in [5, 5.41) is 10.6. The lowest BCUT2D eigenvalue weighted by molar-refractivity contribution is 0.0953. The number of carbonyl (C=O) groups excluding carboxylic acids is 1. The lowest BCUT2D eigenvalue weighted by Crippen LogP contribution is -2.24. The molecule has 4 rings (SSSR count). The molecule has 0 fully saturated rings. The Morgan fingerprint density at radius 2 is 1.87 bits per heavy atom. The fourth-order valence-electron chi connectivity index (χ4n) is 3.27.